The Balaban J connectivity index is 3.82. The van der Waals surface area contributed by atoms with Crippen LogP contribution < -0.4 is 5.32 Å². The fourth-order valence-electron chi connectivity index (χ4n) is 1.16. The van der Waals surface area contributed by atoms with Crippen LogP contribution in [0.15, 0.2) is 12.7 Å². The quantitative estimate of drug-likeness (QED) is 0.627. The molecule has 0 bridgehead atoms. The second-order valence-electron chi connectivity index (χ2n) is 3.45. The van der Waals surface area contributed by atoms with Gasteiger partial charge in [0.25, 0.3) is 0 Å². The number of hydrogen-bond donors (Lipinski definition) is 1. The number of carbonyl (C=O) groups is 1. The first-order chi connectivity index (χ1) is 5.60. The van der Waals surface area contributed by atoms with Gasteiger partial charge >= 0.3 is 0 Å². The monoisotopic (exact) mass is 169 g/mol. The Morgan fingerprint density at radius 2 is 2.17 bits per heavy atom. The summed E-state index contributed by atoms with van der Waals surface area (Å²) in [4.78, 5) is 10.9. The number of carbonyl (C=O) groups excluding carboxylic acids is 1. The molecule has 70 valence electrons. The van der Waals surface area contributed by atoms with E-state index in [0.29, 0.717) is 12.0 Å². The van der Waals surface area contributed by atoms with Crippen LogP contribution in [-0.2, 0) is 4.79 Å². The zero-order valence-corrected chi connectivity index (χ0v) is 8.26. The summed E-state index contributed by atoms with van der Waals surface area (Å²) in [6.07, 6.45) is 3.34. The minimum Gasteiger partial charge on any atom is -0.350 e. The largest absolute Gasteiger partial charge is 0.350 e. The molecule has 2 nitrogen and oxygen atoms in total. The maximum absolute atomic E-state index is 10.9. The third kappa shape index (κ3) is 4.94. The normalized spacial score (nSPS) is 12.7. The highest BCUT2D eigenvalue weighted by molar-refractivity contribution is 5.87. The second kappa shape index (κ2) is 5.81. The average molecular weight is 169 g/mol. The third-order valence-corrected chi connectivity index (χ3v) is 1.78. The summed E-state index contributed by atoms with van der Waals surface area (Å²) in [5, 5.41) is 2.89. The molecule has 0 aromatic heterocycles. The first-order valence-electron chi connectivity index (χ1n) is 4.53. The van der Waals surface area contributed by atoms with Crippen LogP contribution in [0.5, 0.6) is 0 Å². The van der Waals surface area contributed by atoms with Gasteiger partial charge in [-0.3, -0.25) is 4.79 Å². The summed E-state index contributed by atoms with van der Waals surface area (Å²) in [7, 11) is 0. The molecule has 0 radical (unpaired) electrons. The lowest BCUT2D eigenvalue weighted by atomic mass is 10.0. The van der Waals surface area contributed by atoms with Crippen molar-refractivity contribution in [1.29, 1.82) is 0 Å². The molecule has 0 saturated carbocycles. The molecule has 0 fully saturated rings. The molecule has 1 atom stereocenters. The van der Waals surface area contributed by atoms with E-state index in [-0.39, 0.29) is 5.91 Å². The minimum atomic E-state index is -0.0671. The molecule has 0 aliphatic carbocycles. The van der Waals surface area contributed by atoms with Crippen LogP contribution in [0.3, 0.4) is 0 Å². The Hall–Kier alpha value is -0.790. The van der Waals surface area contributed by atoms with Gasteiger partial charge in [-0.1, -0.05) is 27.4 Å². The summed E-state index contributed by atoms with van der Waals surface area (Å²) in [6, 6.07) is 0.301. The van der Waals surface area contributed by atoms with Crippen molar-refractivity contribution in [3.05, 3.63) is 12.7 Å². The van der Waals surface area contributed by atoms with E-state index in [1.54, 1.807) is 0 Å². The van der Waals surface area contributed by atoms with Crippen LogP contribution in [0, 0.1) is 5.92 Å². The van der Waals surface area contributed by atoms with Crippen molar-refractivity contribution in [3.8, 4) is 0 Å². The van der Waals surface area contributed by atoms with Gasteiger partial charge in [-0.05, 0) is 24.8 Å². The van der Waals surface area contributed by atoms with Crippen molar-refractivity contribution in [2.75, 3.05) is 0 Å². The maximum Gasteiger partial charge on any atom is 0.243 e. The standard InChI is InChI=1S/C10H19NO/c1-5-9(7-8(3)4)11-10(12)6-2/h6,8-9H,2,5,7H2,1,3-4H3,(H,11,12). The van der Waals surface area contributed by atoms with Crippen LogP contribution in [0.1, 0.15) is 33.6 Å². The van der Waals surface area contributed by atoms with Gasteiger partial charge in [0, 0.05) is 6.04 Å². The fourth-order valence-corrected chi connectivity index (χ4v) is 1.16. The van der Waals surface area contributed by atoms with Gasteiger partial charge in [0.1, 0.15) is 0 Å². The van der Waals surface area contributed by atoms with Crippen LogP contribution in [-0.4, -0.2) is 11.9 Å². The summed E-state index contributed by atoms with van der Waals surface area (Å²) in [5.74, 6) is 0.558. The van der Waals surface area contributed by atoms with Crippen LogP contribution in [0.4, 0.5) is 0 Å². The fraction of sp³-hybridized carbons (Fsp3) is 0.700. The smallest absolute Gasteiger partial charge is 0.243 e. The Labute approximate surface area is 75.0 Å². The lowest BCUT2D eigenvalue weighted by Gasteiger charge is -2.17. The predicted octanol–water partition coefficient (Wildman–Crippen LogP) is 2.11. The molecule has 0 heterocycles. The molecule has 2 heteroatoms. The first-order valence-corrected chi connectivity index (χ1v) is 4.53. The third-order valence-electron chi connectivity index (χ3n) is 1.78. The van der Waals surface area contributed by atoms with E-state index in [0.717, 1.165) is 12.8 Å². The van der Waals surface area contributed by atoms with E-state index in [4.69, 9.17) is 0 Å². The Morgan fingerprint density at radius 3 is 2.50 bits per heavy atom. The molecule has 1 unspecified atom stereocenters. The van der Waals surface area contributed by atoms with Gasteiger partial charge in [0.15, 0.2) is 0 Å². The summed E-state index contributed by atoms with van der Waals surface area (Å²) in [6.45, 7) is 9.81. The van der Waals surface area contributed by atoms with Gasteiger partial charge in [-0.2, -0.15) is 0 Å². The van der Waals surface area contributed by atoms with Crippen LogP contribution >= 0.6 is 0 Å². The lowest BCUT2D eigenvalue weighted by molar-refractivity contribution is -0.117. The number of hydrogen-bond acceptors (Lipinski definition) is 1. The Bertz CT molecular complexity index is 152. The lowest BCUT2D eigenvalue weighted by Crippen LogP contribution is -2.33. The van der Waals surface area contributed by atoms with Gasteiger partial charge in [-0.15, -0.1) is 0 Å². The summed E-state index contributed by atoms with van der Waals surface area (Å²) in [5.41, 5.74) is 0. The molecule has 0 saturated heterocycles. The zero-order valence-electron chi connectivity index (χ0n) is 8.26. The Morgan fingerprint density at radius 1 is 1.58 bits per heavy atom. The van der Waals surface area contributed by atoms with Gasteiger partial charge < -0.3 is 5.32 Å². The molecule has 0 spiro atoms. The first kappa shape index (κ1) is 11.2. The molecule has 1 N–H and O–H groups in total. The van der Waals surface area contributed by atoms with E-state index < -0.39 is 0 Å². The molecule has 0 aromatic rings. The topological polar surface area (TPSA) is 29.1 Å². The summed E-state index contributed by atoms with van der Waals surface area (Å²) >= 11 is 0. The SMILES string of the molecule is C=CC(=O)NC(CC)CC(C)C. The second-order valence-corrected chi connectivity index (χ2v) is 3.45. The predicted molar refractivity (Wildman–Crippen MR) is 51.9 cm³/mol. The number of rotatable bonds is 5. The van der Waals surface area contributed by atoms with Crippen molar-refractivity contribution in [1.82, 2.24) is 5.32 Å². The van der Waals surface area contributed by atoms with Crippen molar-refractivity contribution >= 4 is 5.91 Å². The molecule has 0 aliphatic heterocycles. The van der Waals surface area contributed by atoms with Gasteiger partial charge in [-0.25, -0.2) is 0 Å². The highest BCUT2D eigenvalue weighted by atomic mass is 16.1. The van der Waals surface area contributed by atoms with Gasteiger partial charge in [0.05, 0.1) is 0 Å². The summed E-state index contributed by atoms with van der Waals surface area (Å²) < 4.78 is 0. The number of nitrogens with one attached hydrogen (secondary N) is 1. The molecule has 0 aromatic carbocycles. The van der Waals surface area contributed by atoms with E-state index >= 15 is 0 Å². The molecular weight excluding hydrogens is 150 g/mol. The van der Waals surface area contributed by atoms with Crippen LogP contribution in [0.2, 0.25) is 0 Å². The van der Waals surface area contributed by atoms with Crippen molar-refractivity contribution in [2.45, 2.75) is 39.7 Å². The Kier molecular flexibility index (Phi) is 5.43. The molecule has 12 heavy (non-hydrogen) atoms. The highest BCUT2D eigenvalue weighted by Crippen LogP contribution is 2.07. The minimum absolute atomic E-state index is 0.0671. The molecule has 0 aliphatic rings. The highest BCUT2D eigenvalue weighted by Gasteiger charge is 2.09. The zero-order chi connectivity index (χ0) is 9.56. The molecule has 0 rings (SSSR count). The van der Waals surface area contributed by atoms with E-state index in [9.17, 15) is 4.79 Å². The van der Waals surface area contributed by atoms with Crippen molar-refractivity contribution in [2.24, 2.45) is 5.92 Å². The van der Waals surface area contributed by atoms with E-state index in [1.807, 2.05) is 0 Å². The van der Waals surface area contributed by atoms with E-state index in [1.165, 1.54) is 6.08 Å². The molecule has 1 amide bonds. The van der Waals surface area contributed by atoms with Crippen molar-refractivity contribution in [3.63, 3.8) is 0 Å². The van der Waals surface area contributed by atoms with Gasteiger partial charge in [0.2, 0.25) is 5.91 Å². The number of amides is 1. The van der Waals surface area contributed by atoms with Crippen molar-refractivity contribution < 1.29 is 4.79 Å². The average Bonchev–Trinajstić information content (AvgIpc) is 2.02. The molecular formula is C10H19NO. The van der Waals surface area contributed by atoms with Crippen LogP contribution in [0.25, 0.3) is 0 Å². The van der Waals surface area contributed by atoms with E-state index in [2.05, 4.69) is 32.7 Å². The maximum atomic E-state index is 10.9.